The van der Waals surface area contributed by atoms with Crippen molar-refractivity contribution in [2.45, 2.75) is 36.1 Å². The number of nitrogens with one attached hydrogen (secondary N) is 1. The Bertz CT molecular complexity index is 901. The summed E-state index contributed by atoms with van der Waals surface area (Å²) >= 11 is 9.21. The number of hydrogen-bond acceptors (Lipinski definition) is 7. The van der Waals surface area contributed by atoms with Gasteiger partial charge in [0.25, 0.3) is 0 Å². The number of benzene rings is 1. The van der Waals surface area contributed by atoms with Crippen LogP contribution in [0.5, 0.6) is 0 Å². The number of aromatic amines is 1. The Morgan fingerprint density at radius 1 is 1.07 bits per heavy atom. The summed E-state index contributed by atoms with van der Waals surface area (Å²) < 4.78 is 16.8. The zero-order chi connectivity index (χ0) is 20.3. The fourth-order valence-corrected chi connectivity index (χ4v) is 4.59. The molecule has 0 spiro atoms. The van der Waals surface area contributed by atoms with Crippen molar-refractivity contribution >= 4 is 46.3 Å². The van der Waals surface area contributed by atoms with Gasteiger partial charge in [0, 0.05) is 27.1 Å². The third-order valence-corrected chi connectivity index (χ3v) is 6.38. The smallest absolute Gasteiger partial charge is 0.387 e. The summed E-state index contributed by atoms with van der Waals surface area (Å²) in [5, 5.41) is 51.7. The summed E-state index contributed by atoms with van der Waals surface area (Å²) in [5.41, 5.74) is -2.47. The highest BCUT2D eigenvalue weighted by Crippen LogP contribution is 2.53. The van der Waals surface area contributed by atoms with Crippen LogP contribution in [-0.2, 0) is 14.7 Å². The molecule has 1 aromatic heterocycles. The quantitative estimate of drug-likeness (QED) is 0.269. The van der Waals surface area contributed by atoms with Gasteiger partial charge in [0.2, 0.25) is 0 Å². The molecular weight excluding hydrogens is 472 g/mol. The highest BCUT2D eigenvalue weighted by molar-refractivity contribution is 9.10. The molecule has 6 atom stereocenters. The highest BCUT2D eigenvalue weighted by atomic mass is 79.9. The van der Waals surface area contributed by atoms with Crippen LogP contribution in [0.3, 0.4) is 0 Å². The number of H-pyrrole nitrogens is 1. The van der Waals surface area contributed by atoms with Crippen molar-refractivity contribution in [1.29, 1.82) is 0 Å². The maximum absolute atomic E-state index is 11.6. The van der Waals surface area contributed by atoms with Crippen LogP contribution < -0.4 is 0 Å². The molecule has 27 heavy (non-hydrogen) atoms. The molecule has 1 fully saturated rings. The first-order valence-corrected chi connectivity index (χ1v) is 10.2. The molecule has 8 N–H and O–H groups in total. The van der Waals surface area contributed by atoms with Crippen LogP contribution in [0, 0.1) is 0 Å². The van der Waals surface area contributed by atoms with Gasteiger partial charge in [-0.3, -0.25) is 4.52 Å². The second-order valence-electron chi connectivity index (χ2n) is 6.25. The van der Waals surface area contributed by atoms with Gasteiger partial charge >= 0.3 is 7.82 Å². The van der Waals surface area contributed by atoms with E-state index in [0.717, 1.165) is 0 Å². The molecule has 3 rings (SSSR count). The van der Waals surface area contributed by atoms with Crippen LogP contribution >= 0.6 is 35.4 Å². The molecule has 13 heteroatoms. The first-order chi connectivity index (χ1) is 12.4. The van der Waals surface area contributed by atoms with Crippen molar-refractivity contribution in [3.63, 3.8) is 0 Å². The van der Waals surface area contributed by atoms with E-state index >= 15 is 0 Å². The Balaban J connectivity index is 2.32. The van der Waals surface area contributed by atoms with Crippen LogP contribution in [0.4, 0.5) is 0 Å². The first kappa shape index (κ1) is 21.2. The predicted octanol–water partition coefficient (Wildman–Crippen LogP) is -0.293. The second kappa shape index (κ2) is 7.05. The average Bonchev–Trinajstić information content (AvgIpc) is 2.98. The molecule has 1 aromatic carbocycles. The van der Waals surface area contributed by atoms with Gasteiger partial charge in [0.1, 0.15) is 30.5 Å². The summed E-state index contributed by atoms with van der Waals surface area (Å²) in [6.45, 7) is 0. The molecule has 1 aliphatic carbocycles. The SMILES string of the molecule is O=P(O)(O)O[C@]1(c2c[nH]c3cc(Cl)c(Br)cc23)[C@@H](O)[C@H](O)[C@@H](O)[C@H](O)[C@@H]1O. The maximum atomic E-state index is 11.6. The van der Waals surface area contributed by atoms with Crippen molar-refractivity contribution < 1.29 is 44.4 Å². The zero-order valence-electron chi connectivity index (χ0n) is 13.3. The number of fused-ring (bicyclic) bond motifs is 1. The molecule has 1 heterocycles. The molecule has 1 aliphatic rings. The van der Waals surface area contributed by atoms with E-state index < -0.39 is 43.9 Å². The number of hydrogen-bond donors (Lipinski definition) is 8. The minimum absolute atomic E-state index is 0.164. The second-order valence-corrected chi connectivity index (χ2v) is 8.68. The number of halogens is 2. The van der Waals surface area contributed by atoms with Gasteiger partial charge < -0.3 is 40.3 Å². The molecule has 0 radical (unpaired) electrons. The molecule has 1 saturated carbocycles. The van der Waals surface area contributed by atoms with Gasteiger partial charge in [-0.05, 0) is 28.1 Å². The van der Waals surface area contributed by atoms with E-state index in [-0.39, 0.29) is 10.9 Å². The largest absolute Gasteiger partial charge is 0.470 e. The molecular formula is C14H16BrClNO9P. The Kier molecular flexibility index (Phi) is 5.52. The normalized spacial score (nSPS) is 34.9. The van der Waals surface area contributed by atoms with Crippen LogP contribution in [0.25, 0.3) is 10.9 Å². The van der Waals surface area contributed by atoms with Crippen molar-refractivity contribution in [3.05, 3.63) is 33.4 Å². The Hall–Kier alpha value is -0.560. The van der Waals surface area contributed by atoms with Crippen molar-refractivity contribution in [2.24, 2.45) is 0 Å². The van der Waals surface area contributed by atoms with Crippen LogP contribution in [0.15, 0.2) is 22.8 Å². The minimum atomic E-state index is -5.36. The number of aliphatic hydroxyl groups excluding tert-OH is 5. The van der Waals surface area contributed by atoms with E-state index in [1.54, 1.807) is 0 Å². The van der Waals surface area contributed by atoms with E-state index in [9.17, 15) is 39.9 Å². The van der Waals surface area contributed by atoms with Crippen molar-refractivity contribution in [2.75, 3.05) is 0 Å². The zero-order valence-corrected chi connectivity index (χ0v) is 16.5. The standard InChI is InChI=1S/C14H16BrClNO9P/c15-6-1-4-5(3-17-8(4)2-7(6)16)14(26-27(23,24)25)12(21)10(19)9(18)11(20)13(14)22/h1-3,9-13,17-22H,(H2,23,24,25)/t9-,10-,11+,12-,13-,14-/m0/s1. The van der Waals surface area contributed by atoms with Gasteiger partial charge in [-0.15, -0.1) is 0 Å². The number of aromatic nitrogens is 1. The van der Waals surface area contributed by atoms with Crippen LogP contribution in [0.2, 0.25) is 5.02 Å². The third kappa shape index (κ3) is 3.37. The summed E-state index contributed by atoms with van der Waals surface area (Å²) in [6, 6.07) is 2.91. The molecule has 0 bridgehead atoms. The summed E-state index contributed by atoms with van der Waals surface area (Å²) in [7, 11) is -5.36. The van der Waals surface area contributed by atoms with E-state index in [1.807, 2.05) is 0 Å². The Labute approximate surface area is 165 Å². The summed E-state index contributed by atoms with van der Waals surface area (Å²) in [6.07, 6.45) is -9.34. The van der Waals surface area contributed by atoms with Crippen LogP contribution in [-0.4, -0.2) is 70.8 Å². The molecule has 10 nitrogen and oxygen atoms in total. The topological polar surface area (TPSA) is 184 Å². The van der Waals surface area contributed by atoms with E-state index in [0.29, 0.717) is 15.0 Å². The van der Waals surface area contributed by atoms with Crippen LogP contribution in [0.1, 0.15) is 5.56 Å². The lowest BCUT2D eigenvalue weighted by Crippen LogP contribution is -2.69. The highest BCUT2D eigenvalue weighted by Gasteiger charge is 2.63. The average molecular weight is 489 g/mol. The summed E-state index contributed by atoms with van der Waals surface area (Å²) in [4.78, 5) is 21.5. The number of rotatable bonds is 3. The van der Waals surface area contributed by atoms with E-state index in [1.165, 1.54) is 18.3 Å². The lowest BCUT2D eigenvalue weighted by atomic mass is 9.71. The third-order valence-electron chi connectivity index (χ3n) is 4.64. The number of phosphoric ester groups is 1. The molecule has 0 aliphatic heterocycles. The predicted molar refractivity (Wildman–Crippen MR) is 95.8 cm³/mol. The van der Waals surface area contributed by atoms with Gasteiger partial charge in [-0.2, -0.15) is 0 Å². The molecule has 0 saturated heterocycles. The molecule has 0 unspecified atom stereocenters. The van der Waals surface area contributed by atoms with Crippen molar-refractivity contribution in [1.82, 2.24) is 4.98 Å². The van der Waals surface area contributed by atoms with E-state index in [2.05, 4.69) is 20.9 Å². The molecule has 150 valence electrons. The van der Waals surface area contributed by atoms with Crippen molar-refractivity contribution in [3.8, 4) is 0 Å². The van der Waals surface area contributed by atoms with Gasteiger partial charge in [0.15, 0.2) is 5.60 Å². The fraction of sp³-hybridized carbons (Fsp3) is 0.429. The van der Waals surface area contributed by atoms with Gasteiger partial charge in [-0.1, -0.05) is 11.6 Å². The number of phosphoric acid groups is 1. The van der Waals surface area contributed by atoms with E-state index in [4.69, 9.17) is 16.1 Å². The fourth-order valence-electron chi connectivity index (χ4n) is 3.37. The molecule has 2 aromatic rings. The minimum Gasteiger partial charge on any atom is -0.387 e. The van der Waals surface area contributed by atoms with Gasteiger partial charge in [0.05, 0.1) is 5.02 Å². The lowest BCUT2D eigenvalue weighted by molar-refractivity contribution is -0.266. The molecule has 0 amide bonds. The lowest BCUT2D eigenvalue weighted by Gasteiger charge is -2.49. The van der Waals surface area contributed by atoms with Gasteiger partial charge in [-0.25, -0.2) is 4.57 Å². The Morgan fingerprint density at radius 3 is 2.15 bits per heavy atom. The number of aliphatic hydroxyl groups is 5. The monoisotopic (exact) mass is 487 g/mol. The Morgan fingerprint density at radius 2 is 1.63 bits per heavy atom. The summed E-state index contributed by atoms with van der Waals surface area (Å²) in [5.74, 6) is 0. The maximum Gasteiger partial charge on any atom is 0.470 e. The first-order valence-electron chi connectivity index (χ1n) is 7.53.